The van der Waals surface area contributed by atoms with Crippen LogP contribution in [0.15, 0.2) is 59.1 Å². The number of aromatic nitrogens is 5. The second kappa shape index (κ2) is 11.3. The standard InChI is InChI=1S/C28H31F3N8O/c29-28(30,31)20-10-12-22(13-11-20)39-14-4-7-21(17-39)33-23-8-1-2-9-24(23)34-27-32-16-25(40-27)18-5-3-6-19(15-18)26-35-37-38-36-26/h3,5-6,10-13,15-16,21,23-24,33H,1-2,4,7-9,14,17H2,(H,32,34)(H,35,36,37,38)/t21-,23+,24+/m0/s1. The van der Waals surface area contributed by atoms with E-state index >= 15 is 0 Å². The normalized spacial score (nSPS) is 21.9. The molecular formula is C28H31F3N8O. The summed E-state index contributed by atoms with van der Waals surface area (Å²) in [5.74, 6) is 1.23. The topological polar surface area (TPSA) is 108 Å². The van der Waals surface area contributed by atoms with E-state index in [-0.39, 0.29) is 18.1 Å². The number of tetrazole rings is 1. The molecule has 3 atom stereocenters. The van der Waals surface area contributed by atoms with Crippen LogP contribution in [0, 0.1) is 0 Å². The van der Waals surface area contributed by atoms with Crippen LogP contribution in [-0.2, 0) is 6.18 Å². The fourth-order valence-corrected chi connectivity index (χ4v) is 5.75. The Bertz CT molecular complexity index is 1390. The number of piperidine rings is 1. The van der Waals surface area contributed by atoms with Crippen LogP contribution in [0.3, 0.4) is 0 Å². The molecule has 1 aliphatic heterocycles. The molecule has 40 heavy (non-hydrogen) atoms. The van der Waals surface area contributed by atoms with Gasteiger partial charge in [0.25, 0.3) is 6.01 Å². The third-order valence-electron chi connectivity index (χ3n) is 7.78. The molecule has 1 aliphatic carbocycles. The molecule has 2 aliphatic rings. The highest BCUT2D eigenvalue weighted by molar-refractivity contribution is 5.66. The quantitative estimate of drug-likeness (QED) is 0.275. The highest BCUT2D eigenvalue weighted by Crippen LogP contribution is 2.32. The maximum atomic E-state index is 13.0. The first kappa shape index (κ1) is 26.3. The fourth-order valence-electron chi connectivity index (χ4n) is 5.75. The predicted molar refractivity (Wildman–Crippen MR) is 145 cm³/mol. The van der Waals surface area contributed by atoms with Crippen LogP contribution in [0.2, 0.25) is 0 Å². The number of anilines is 2. The van der Waals surface area contributed by atoms with Gasteiger partial charge in [0.1, 0.15) is 0 Å². The van der Waals surface area contributed by atoms with E-state index in [2.05, 4.69) is 41.1 Å². The molecule has 1 saturated carbocycles. The first-order chi connectivity index (χ1) is 19.4. The van der Waals surface area contributed by atoms with E-state index in [9.17, 15) is 13.2 Å². The Morgan fingerprint density at radius 1 is 0.950 bits per heavy atom. The van der Waals surface area contributed by atoms with Crippen LogP contribution in [0.25, 0.3) is 22.7 Å². The highest BCUT2D eigenvalue weighted by Gasteiger charge is 2.32. The summed E-state index contributed by atoms with van der Waals surface area (Å²) in [7, 11) is 0. The first-order valence-electron chi connectivity index (χ1n) is 13.7. The lowest BCUT2D eigenvalue weighted by Gasteiger charge is -2.40. The van der Waals surface area contributed by atoms with Crippen molar-refractivity contribution >= 4 is 11.7 Å². The Balaban J connectivity index is 1.09. The van der Waals surface area contributed by atoms with Crippen molar-refractivity contribution in [3.05, 3.63) is 60.3 Å². The number of hydrogen-bond acceptors (Lipinski definition) is 8. The Kier molecular flexibility index (Phi) is 7.42. The van der Waals surface area contributed by atoms with Gasteiger partial charge in [-0.05, 0) is 66.4 Å². The first-order valence-corrected chi connectivity index (χ1v) is 13.7. The van der Waals surface area contributed by atoms with E-state index in [1.165, 1.54) is 12.1 Å². The molecule has 6 rings (SSSR count). The number of rotatable bonds is 7. The van der Waals surface area contributed by atoms with Gasteiger partial charge in [0.15, 0.2) is 11.6 Å². The number of hydrogen-bond donors (Lipinski definition) is 3. The second-order valence-electron chi connectivity index (χ2n) is 10.5. The van der Waals surface area contributed by atoms with Gasteiger partial charge >= 0.3 is 6.18 Å². The van der Waals surface area contributed by atoms with Gasteiger partial charge in [0, 0.05) is 48.0 Å². The number of alkyl halides is 3. The second-order valence-corrected chi connectivity index (χ2v) is 10.5. The van der Waals surface area contributed by atoms with Crippen molar-refractivity contribution < 1.29 is 17.6 Å². The van der Waals surface area contributed by atoms with E-state index in [1.54, 1.807) is 18.3 Å². The summed E-state index contributed by atoms with van der Waals surface area (Å²) in [6, 6.07) is 14.4. The Hall–Kier alpha value is -3.93. The van der Waals surface area contributed by atoms with Gasteiger partial charge in [-0.1, -0.05) is 31.0 Å². The fraction of sp³-hybridized carbons (Fsp3) is 0.429. The van der Waals surface area contributed by atoms with Crippen molar-refractivity contribution in [2.24, 2.45) is 0 Å². The Morgan fingerprint density at radius 3 is 2.52 bits per heavy atom. The molecule has 12 heteroatoms. The molecule has 4 aromatic rings. The zero-order valence-corrected chi connectivity index (χ0v) is 21.9. The molecule has 0 spiro atoms. The van der Waals surface area contributed by atoms with Crippen molar-refractivity contribution in [2.45, 2.75) is 62.8 Å². The Morgan fingerprint density at radius 2 is 1.75 bits per heavy atom. The summed E-state index contributed by atoms with van der Waals surface area (Å²) in [5.41, 5.74) is 1.93. The predicted octanol–water partition coefficient (Wildman–Crippen LogP) is 5.52. The molecular weight excluding hydrogens is 521 g/mol. The molecule has 2 aromatic carbocycles. The van der Waals surface area contributed by atoms with Crippen molar-refractivity contribution in [2.75, 3.05) is 23.3 Å². The number of oxazole rings is 1. The largest absolute Gasteiger partial charge is 0.424 e. The third kappa shape index (κ3) is 5.96. The SMILES string of the molecule is FC(F)(F)c1ccc(N2CCC[C@H](N[C@@H]3CCCC[C@H]3Nc3ncc(-c4cccc(-c5nnn[nH]5)c4)o3)C2)cc1. The van der Waals surface area contributed by atoms with Crippen LogP contribution < -0.4 is 15.5 Å². The number of nitrogens with one attached hydrogen (secondary N) is 3. The summed E-state index contributed by atoms with van der Waals surface area (Å²) in [6.45, 7) is 1.60. The smallest absolute Gasteiger partial charge is 0.416 e. The lowest BCUT2D eigenvalue weighted by molar-refractivity contribution is -0.137. The van der Waals surface area contributed by atoms with Crippen LogP contribution in [-0.4, -0.2) is 56.8 Å². The average molecular weight is 553 g/mol. The monoisotopic (exact) mass is 552 g/mol. The number of nitrogens with zero attached hydrogens (tertiary/aromatic N) is 5. The van der Waals surface area contributed by atoms with E-state index in [0.29, 0.717) is 17.6 Å². The van der Waals surface area contributed by atoms with Crippen LogP contribution in [0.4, 0.5) is 24.9 Å². The van der Waals surface area contributed by atoms with Crippen molar-refractivity contribution in [3.63, 3.8) is 0 Å². The molecule has 2 fully saturated rings. The van der Waals surface area contributed by atoms with Crippen LogP contribution >= 0.6 is 0 Å². The Labute approximate surface area is 229 Å². The molecule has 3 N–H and O–H groups in total. The summed E-state index contributed by atoms with van der Waals surface area (Å²) in [4.78, 5) is 6.67. The van der Waals surface area contributed by atoms with Gasteiger partial charge in [-0.15, -0.1) is 5.10 Å². The molecule has 0 unspecified atom stereocenters. The minimum atomic E-state index is -4.32. The number of aromatic amines is 1. The minimum absolute atomic E-state index is 0.160. The summed E-state index contributed by atoms with van der Waals surface area (Å²) < 4.78 is 45.0. The summed E-state index contributed by atoms with van der Waals surface area (Å²) in [5, 5.41) is 21.4. The molecule has 3 heterocycles. The van der Waals surface area contributed by atoms with E-state index in [4.69, 9.17) is 4.42 Å². The molecule has 210 valence electrons. The maximum Gasteiger partial charge on any atom is 0.416 e. The van der Waals surface area contributed by atoms with E-state index in [1.807, 2.05) is 24.3 Å². The van der Waals surface area contributed by atoms with E-state index in [0.717, 1.165) is 68.4 Å². The maximum absolute atomic E-state index is 13.0. The zero-order valence-electron chi connectivity index (χ0n) is 21.9. The lowest BCUT2D eigenvalue weighted by atomic mass is 9.89. The lowest BCUT2D eigenvalue weighted by Crippen LogP contribution is -2.54. The average Bonchev–Trinajstić information content (AvgIpc) is 3.67. The van der Waals surface area contributed by atoms with Crippen LogP contribution in [0.5, 0.6) is 0 Å². The molecule has 0 amide bonds. The number of halogens is 3. The molecule has 9 nitrogen and oxygen atoms in total. The van der Waals surface area contributed by atoms with Gasteiger partial charge < -0.3 is 20.0 Å². The molecule has 0 bridgehead atoms. The van der Waals surface area contributed by atoms with Gasteiger partial charge in [0.2, 0.25) is 0 Å². The van der Waals surface area contributed by atoms with Gasteiger partial charge in [-0.2, -0.15) is 13.2 Å². The molecule has 0 radical (unpaired) electrons. The van der Waals surface area contributed by atoms with Gasteiger partial charge in [-0.25, -0.2) is 10.1 Å². The van der Waals surface area contributed by atoms with E-state index < -0.39 is 11.7 Å². The van der Waals surface area contributed by atoms with Crippen LogP contribution in [0.1, 0.15) is 44.1 Å². The van der Waals surface area contributed by atoms with Gasteiger partial charge in [-0.3, -0.25) is 0 Å². The molecule has 2 aromatic heterocycles. The number of H-pyrrole nitrogens is 1. The van der Waals surface area contributed by atoms with Crippen molar-refractivity contribution in [1.82, 2.24) is 30.9 Å². The summed E-state index contributed by atoms with van der Waals surface area (Å²) >= 11 is 0. The number of benzene rings is 2. The summed E-state index contributed by atoms with van der Waals surface area (Å²) in [6.07, 6.45) is 3.71. The minimum Gasteiger partial charge on any atom is -0.424 e. The molecule has 1 saturated heterocycles. The third-order valence-corrected chi connectivity index (χ3v) is 7.78. The van der Waals surface area contributed by atoms with Crippen molar-refractivity contribution in [3.8, 4) is 22.7 Å². The highest BCUT2D eigenvalue weighted by atomic mass is 19.4. The van der Waals surface area contributed by atoms with Gasteiger partial charge in [0.05, 0.1) is 11.8 Å². The van der Waals surface area contributed by atoms with Crippen molar-refractivity contribution in [1.29, 1.82) is 0 Å². The zero-order chi connectivity index (χ0) is 27.5.